The van der Waals surface area contributed by atoms with Crippen molar-refractivity contribution < 1.29 is 9.53 Å². The van der Waals surface area contributed by atoms with Crippen LogP contribution in [0.15, 0.2) is 17.1 Å². The molecule has 6 heteroatoms. The summed E-state index contributed by atoms with van der Waals surface area (Å²) in [6, 6.07) is 2.01. The lowest BCUT2D eigenvalue weighted by atomic mass is 10.4. The first kappa shape index (κ1) is 17.1. The average Bonchev–Trinajstić information content (AvgIpc) is 2.35. The molecule has 0 atom stereocenters. The monoisotopic (exact) mass is 286 g/mol. The quantitative estimate of drug-likeness (QED) is 0.171. The Labute approximate surface area is 117 Å². The number of thioether (sulfide) groups is 2. The molecule has 0 unspecified atom stereocenters. The van der Waals surface area contributed by atoms with Gasteiger partial charge in [-0.05, 0) is 19.1 Å². The largest absolute Gasteiger partial charge is 0.466 e. The van der Waals surface area contributed by atoms with Crippen LogP contribution in [0.1, 0.15) is 20.3 Å². The zero-order valence-electron chi connectivity index (χ0n) is 10.8. The molecular formula is C12H18N2O2S2. The van der Waals surface area contributed by atoms with E-state index in [2.05, 4.69) is 11.6 Å². The summed E-state index contributed by atoms with van der Waals surface area (Å²) in [4.78, 5) is 14.7. The van der Waals surface area contributed by atoms with Crippen molar-refractivity contribution in [1.82, 2.24) is 0 Å². The zero-order chi connectivity index (χ0) is 13.8. The third-order valence-corrected chi connectivity index (χ3v) is 4.08. The van der Waals surface area contributed by atoms with Gasteiger partial charge in [0.25, 0.3) is 0 Å². The molecule has 0 heterocycles. The number of rotatable bonds is 8. The summed E-state index contributed by atoms with van der Waals surface area (Å²) in [7, 11) is 0. The number of carbonyl (C=O) groups excluding carboxylic acids is 1. The van der Waals surface area contributed by atoms with Crippen molar-refractivity contribution in [2.45, 2.75) is 20.3 Å². The van der Waals surface area contributed by atoms with Crippen LogP contribution in [0.4, 0.5) is 0 Å². The molecule has 0 spiro atoms. The molecule has 4 nitrogen and oxygen atoms in total. The zero-order valence-corrected chi connectivity index (χ0v) is 12.4. The fourth-order valence-corrected chi connectivity index (χ4v) is 2.97. The minimum atomic E-state index is -0.239. The van der Waals surface area contributed by atoms with Gasteiger partial charge in [0.05, 0.1) is 12.2 Å². The summed E-state index contributed by atoms with van der Waals surface area (Å²) in [5.41, 5.74) is 0.419. The van der Waals surface area contributed by atoms with E-state index in [0.29, 0.717) is 23.8 Å². The van der Waals surface area contributed by atoms with Crippen molar-refractivity contribution >= 4 is 34.5 Å². The second-order valence-corrected chi connectivity index (χ2v) is 5.67. The molecule has 0 bridgehead atoms. The Balaban J connectivity index is 3.69. The van der Waals surface area contributed by atoms with E-state index in [-0.39, 0.29) is 5.97 Å². The average molecular weight is 286 g/mol. The fraction of sp³-hybridized carbons (Fsp3) is 0.583. The smallest absolute Gasteiger partial charge is 0.302 e. The highest BCUT2D eigenvalue weighted by Crippen LogP contribution is 2.18. The molecule has 0 saturated heterocycles. The Morgan fingerprint density at radius 2 is 2.28 bits per heavy atom. The van der Waals surface area contributed by atoms with E-state index in [0.717, 1.165) is 17.3 Å². The van der Waals surface area contributed by atoms with Crippen LogP contribution in [-0.2, 0) is 9.53 Å². The first-order valence-corrected chi connectivity index (χ1v) is 7.73. The highest BCUT2D eigenvalue weighted by molar-refractivity contribution is 8.24. The highest BCUT2D eigenvalue weighted by atomic mass is 32.2. The highest BCUT2D eigenvalue weighted by Gasteiger charge is 2.04. The number of nitriles is 1. The molecule has 0 fully saturated rings. The number of aliphatic imine (C=N–C) groups is 1. The summed E-state index contributed by atoms with van der Waals surface area (Å²) in [5, 5.41) is 10.3. The molecule has 0 aliphatic rings. The Morgan fingerprint density at radius 3 is 2.83 bits per heavy atom. The van der Waals surface area contributed by atoms with Gasteiger partial charge in [0.1, 0.15) is 11.1 Å². The lowest BCUT2D eigenvalue weighted by Gasteiger charge is -2.04. The molecule has 18 heavy (non-hydrogen) atoms. The van der Waals surface area contributed by atoms with Crippen molar-refractivity contribution in [2.75, 3.05) is 24.0 Å². The van der Waals surface area contributed by atoms with Crippen molar-refractivity contribution in [2.24, 2.45) is 4.99 Å². The Bertz CT molecular complexity index is 348. The van der Waals surface area contributed by atoms with Crippen molar-refractivity contribution in [1.29, 1.82) is 5.26 Å². The van der Waals surface area contributed by atoms with Gasteiger partial charge in [-0.2, -0.15) is 17.0 Å². The third-order valence-electron chi connectivity index (χ3n) is 1.71. The topological polar surface area (TPSA) is 62.4 Å². The maximum absolute atomic E-state index is 10.5. The van der Waals surface area contributed by atoms with Crippen LogP contribution in [0.2, 0.25) is 0 Å². The Kier molecular flexibility index (Phi) is 10.6. The second-order valence-electron chi connectivity index (χ2n) is 3.23. The van der Waals surface area contributed by atoms with Crippen molar-refractivity contribution in [3.05, 3.63) is 12.2 Å². The van der Waals surface area contributed by atoms with Crippen molar-refractivity contribution in [3.63, 3.8) is 0 Å². The van der Waals surface area contributed by atoms with E-state index in [4.69, 9.17) is 10.00 Å². The van der Waals surface area contributed by atoms with Gasteiger partial charge in [-0.1, -0.05) is 18.3 Å². The standard InChI is InChI=1S/C12H18N2O2S2/c1-4-14-12(10(2)8-13)18-9-17-7-5-6-16-11(3)15/h2,4-7,9H2,1,3H3/b14-12+. The molecular weight excluding hydrogens is 268 g/mol. The number of carbonyl (C=O) groups is 1. The summed E-state index contributed by atoms with van der Waals surface area (Å²) in [6.45, 7) is 8.11. The van der Waals surface area contributed by atoms with E-state index < -0.39 is 0 Å². The predicted molar refractivity (Wildman–Crippen MR) is 78.9 cm³/mol. The van der Waals surface area contributed by atoms with Crippen LogP contribution in [-0.4, -0.2) is 35.0 Å². The first-order valence-electron chi connectivity index (χ1n) is 5.59. The lowest BCUT2D eigenvalue weighted by Crippen LogP contribution is -2.01. The van der Waals surface area contributed by atoms with Gasteiger partial charge in [-0.3, -0.25) is 9.79 Å². The minimum absolute atomic E-state index is 0.239. The van der Waals surface area contributed by atoms with Crippen LogP contribution in [0, 0.1) is 11.3 Å². The summed E-state index contributed by atoms with van der Waals surface area (Å²) < 4.78 is 4.82. The molecule has 0 rings (SSSR count). The third kappa shape index (κ3) is 9.14. The normalized spacial score (nSPS) is 10.8. The van der Waals surface area contributed by atoms with Crippen LogP contribution in [0.5, 0.6) is 0 Å². The fourth-order valence-electron chi connectivity index (χ4n) is 0.953. The van der Waals surface area contributed by atoms with Crippen molar-refractivity contribution in [3.8, 4) is 6.07 Å². The second kappa shape index (κ2) is 11.2. The first-order chi connectivity index (χ1) is 8.61. The van der Waals surface area contributed by atoms with Gasteiger partial charge >= 0.3 is 5.97 Å². The predicted octanol–water partition coefficient (Wildman–Crippen LogP) is 2.86. The van der Waals surface area contributed by atoms with E-state index >= 15 is 0 Å². The summed E-state index contributed by atoms with van der Waals surface area (Å²) >= 11 is 3.25. The molecule has 0 aromatic rings. The molecule has 0 N–H and O–H groups in total. The van der Waals surface area contributed by atoms with E-state index in [9.17, 15) is 4.79 Å². The van der Waals surface area contributed by atoms with Crippen LogP contribution >= 0.6 is 23.5 Å². The maximum atomic E-state index is 10.5. The van der Waals surface area contributed by atoms with Crippen LogP contribution in [0.3, 0.4) is 0 Å². The minimum Gasteiger partial charge on any atom is -0.466 e. The SMILES string of the molecule is C=C(C#N)/C(=N\CC)SCSCCCOC(C)=O. The van der Waals surface area contributed by atoms with Gasteiger partial charge in [0.15, 0.2) is 0 Å². The van der Waals surface area contributed by atoms with E-state index in [1.807, 2.05) is 13.0 Å². The lowest BCUT2D eigenvalue weighted by molar-refractivity contribution is -0.140. The summed E-state index contributed by atoms with van der Waals surface area (Å²) in [6.07, 6.45) is 0.838. The van der Waals surface area contributed by atoms with Gasteiger partial charge in [-0.25, -0.2) is 0 Å². The molecule has 100 valence electrons. The summed E-state index contributed by atoms with van der Waals surface area (Å²) in [5.74, 6) is 0.677. The van der Waals surface area contributed by atoms with Crippen LogP contribution < -0.4 is 0 Å². The Hall–Kier alpha value is -0.930. The van der Waals surface area contributed by atoms with Gasteiger partial charge in [0.2, 0.25) is 0 Å². The maximum Gasteiger partial charge on any atom is 0.302 e. The number of nitrogens with zero attached hydrogens (tertiary/aromatic N) is 2. The molecule has 0 aromatic carbocycles. The van der Waals surface area contributed by atoms with E-state index in [1.165, 1.54) is 18.7 Å². The molecule has 0 saturated carbocycles. The van der Waals surface area contributed by atoms with Crippen LogP contribution in [0.25, 0.3) is 0 Å². The Morgan fingerprint density at radius 1 is 1.56 bits per heavy atom. The number of esters is 1. The number of hydrogen-bond donors (Lipinski definition) is 0. The molecule has 0 aliphatic heterocycles. The molecule has 0 aromatic heterocycles. The van der Waals surface area contributed by atoms with Gasteiger partial charge < -0.3 is 4.74 Å². The molecule has 0 amide bonds. The van der Waals surface area contributed by atoms with Gasteiger partial charge in [-0.15, -0.1) is 0 Å². The van der Waals surface area contributed by atoms with E-state index in [1.54, 1.807) is 11.8 Å². The molecule has 0 aliphatic carbocycles. The number of hydrogen-bond acceptors (Lipinski definition) is 6. The number of ether oxygens (including phenoxy) is 1. The van der Waals surface area contributed by atoms with Gasteiger partial charge in [0, 0.05) is 18.6 Å². The molecule has 0 radical (unpaired) electrons.